The van der Waals surface area contributed by atoms with Crippen molar-refractivity contribution in [2.45, 2.75) is 102 Å². The van der Waals surface area contributed by atoms with Gasteiger partial charge in [-0.2, -0.15) is 0 Å². The molecule has 37 heavy (non-hydrogen) atoms. The predicted molar refractivity (Wildman–Crippen MR) is 135 cm³/mol. The Morgan fingerprint density at radius 3 is 2.51 bits per heavy atom. The lowest BCUT2D eigenvalue weighted by Gasteiger charge is -2.64. The van der Waals surface area contributed by atoms with Crippen LogP contribution < -0.4 is 0 Å². The maximum atomic E-state index is 13.6. The number of aliphatic hydroxyl groups excluding tert-OH is 1. The highest BCUT2D eigenvalue weighted by Gasteiger charge is 2.76. The molecule has 0 amide bonds. The molecule has 6 rings (SSSR count). The van der Waals surface area contributed by atoms with Crippen molar-refractivity contribution in [3.05, 3.63) is 23.3 Å². The Morgan fingerprint density at radius 2 is 1.84 bits per heavy atom. The van der Waals surface area contributed by atoms with Gasteiger partial charge in [-0.1, -0.05) is 11.6 Å². The predicted octanol–water partition coefficient (Wildman–Crippen LogP) is 4.12. The Balaban J connectivity index is 1.39. The van der Waals surface area contributed by atoms with Crippen molar-refractivity contribution < 1.29 is 33.6 Å². The van der Waals surface area contributed by atoms with E-state index in [9.17, 15) is 14.7 Å². The molecule has 6 aliphatic rings. The van der Waals surface area contributed by atoms with Crippen LogP contribution in [0.5, 0.6) is 0 Å². The summed E-state index contributed by atoms with van der Waals surface area (Å²) in [6, 6.07) is 0. The number of esters is 1. The number of methoxy groups -OCH3 is 2. The van der Waals surface area contributed by atoms with E-state index in [0.29, 0.717) is 24.8 Å². The molecule has 11 atom stereocenters. The summed E-state index contributed by atoms with van der Waals surface area (Å²) in [4.78, 5) is 26.2. The first-order valence-corrected chi connectivity index (χ1v) is 14.0. The molecule has 0 unspecified atom stereocenters. The van der Waals surface area contributed by atoms with Crippen molar-refractivity contribution >= 4 is 11.8 Å². The van der Waals surface area contributed by atoms with Gasteiger partial charge in [0.05, 0.1) is 11.5 Å². The maximum Gasteiger partial charge on any atom is 0.334 e. The summed E-state index contributed by atoms with van der Waals surface area (Å²) >= 11 is 0. The number of hydrogen-bond donors (Lipinski definition) is 1. The Labute approximate surface area is 219 Å². The van der Waals surface area contributed by atoms with Crippen molar-refractivity contribution in [3.8, 4) is 0 Å². The molecule has 204 valence electrons. The Hall–Kier alpha value is -1.54. The lowest BCUT2D eigenvalue weighted by Crippen LogP contribution is -2.70. The average molecular weight is 515 g/mol. The van der Waals surface area contributed by atoms with Gasteiger partial charge in [-0.15, -0.1) is 0 Å². The van der Waals surface area contributed by atoms with Crippen LogP contribution in [-0.4, -0.2) is 60.8 Å². The molecule has 7 heteroatoms. The molecule has 0 aromatic rings. The van der Waals surface area contributed by atoms with Crippen molar-refractivity contribution in [2.75, 3.05) is 14.2 Å². The van der Waals surface area contributed by atoms with E-state index in [-0.39, 0.29) is 46.9 Å². The third kappa shape index (κ3) is 2.92. The van der Waals surface area contributed by atoms with E-state index in [0.717, 1.165) is 31.3 Å². The Kier molecular flexibility index (Phi) is 5.72. The quantitative estimate of drug-likeness (QED) is 0.567. The van der Waals surface area contributed by atoms with Gasteiger partial charge in [-0.25, -0.2) is 4.79 Å². The number of fused-ring (bicyclic) bond motifs is 4. The minimum atomic E-state index is -0.887. The zero-order valence-corrected chi connectivity index (χ0v) is 23.0. The van der Waals surface area contributed by atoms with Crippen LogP contribution in [0.2, 0.25) is 0 Å². The van der Waals surface area contributed by atoms with E-state index < -0.39 is 29.0 Å². The summed E-state index contributed by atoms with van der Waals surface area (Å²) in [5.41, 5.74) is -0.807. The third-order valence-electron chi connectivity index (χ3n) is 12.3. The number of rotatable bonds is 3. The van der Waals surface area contributed by atoms with Crippen molar-refractivity contribution in [3.63, 3.8) is 0 Å². The second kappa shape index (κ2) is 8.23. The van der Waals surface area contributed by atoms with Crippen LogP contribution in [0, 0.1) is 34.5 Å². The molecule has 4 fully saturated rings. The molecule has 2 aliphatic heterocycles. The number of aliphatic hydroxyl groups is 1. The van der Waals surface area contributed by atoms with E-state index in [1.165, 1.54) is 0 Å². The number of cyclic esters (lactones) is 1. The molecule has 1 saturated heterocycles. The summed E-state index contributed by atoms with van der Waals surface area (Å²) in [7, 11) is 3.36. The molecule has 3 saturated carbocycles. The Bertz CT molecular complexity index is 1080. The minimum Gasteiger partial charge on any atom is -0.456 e. The first kappa shape index (κ1) is 25.7. The van der Waals surface area contributed by atoms with Crippen LogP contribution in [0.3, 0.4) is 0 Å². The van der Waals surface area contributed by atoms with E-state index in [1.807, 2.05) is 26.8 Å². The van der Waals surface area contributed by atoms with Crippen LogP contribution >= 0.6 is 0 Å². The molecular formula is C30H42O7. The van der Waals surface area contributed by atoms with Gasteiger partial charge in [0.1, 0.15) is 17.3 Å². The van der Waals surface area contributed by atoms with Crippen LogP contribution in [0.25, 0.3) is 0 Å². The third-order valence-corrected chi connectivity index (χ3v) is 12.3. The van der Waals surface area contributed by atoms with Crippen molar-refractivity contribution in [1.82, 2.24) is 0 Å². The molecule has 0 aromatic heterocycles. The molecule has 0 bridgehead atoms. The highest BCUT2D eigenvalue weighted by molar-refractivity contribution is 5.97. The summed E-state index contributed by atoms with van der Waals surface area (Å²) < 4.78 is 25.0. The zero-order valence-electron chi connectivity index (χ0n) is 23.0. The van der Waals surface area contributed by atoms with Gasteiger partial charge in [0.2, 0.25) is 0 Å². The van der Waals surface area contributed by atoms with E-state index in [4.69, 9.17) is 18.9 Å². The highest BCUT2D eigenvalue weighted by Crippen LogP contribution is 2.73. The smallest absolute Gasteiger partial charge is 0.334 e. The topological polar surface area (TPSA) is 91.3 Å². The zero-order chi connectivity index (χ0) is 26.5. The monoisotopic (exact) mass is 514 g/mol. The molecule has 0 aromatic carbocycles. The molecule has 1 N–H and O–H groups in total. The average Bonchev–Trinajstić information content (AvgIpc) is 3.38. The Morgan fingerprint density at radius 1 is 1.08 bits per heavy atom. The minimum absolute atomic E-state index is 0.0717. The second-order valence-corrected chi connectivity index (χ2v) is 13.0. The number of carbonyl (C=O) groups is 2. The molecule has 0 radical (unpaired) electrons. The molecule has 2 heterocycles. The van der Waals surface area contributed by atoms with E-state index >= 15 is 0 Å². The normalized spacial score (nSPS) is 52.9. The fraction of sp³-hybridized carbons (Fsp3) is 0.800. The van der Waals surface area contributed by atoms with E-state index in [1.54, 1.807) is 20.3 Å². The first-order valence-electron chi connectivity index (χ1n) is 14.0. The number of ether oxygens (including phenoxy) is 4. The van der Waals surface area contributed by atoms with Gasteiger partial charge < -0.3 is 24.1 Å². The lowest BCUT2D eigenvalue weighted by atomic mass is 9.42. The second-order valence-electron chi connectivity index (χ2n) is 13.0. The number of allylic oxidation sites excluding steroid dienone is 1. The van der Waals surface area contributed by atoms with Gasteiger partial charge in [-0.05, 0) is 90.0 Å². The van der Waals surface area contributed by atoms with Crippen molar-refractivity contribution in [1.29, 1.82) is 0 Å². The standard InChI is InChI=1S/C30H42O7/c1-16-14-24(36-25(33)17(16)2)28(4)21-10-9-20-18-15-23(32)30(35-6)12-7-8-22(31)27(30,3)19(18)11-13-29(20,21)26(34-5)37-28/h7-8,18-21,23-24,26,32H,9-15H2,1-6H3/t18-,19+,20+,21-,23-,24-,26-,27+,28-,29-,30+/m1/s1. The summed E-state index contributed by atoms with van der Waals surface area (Å²) in [5, 5.41) is 11.6. The number of carbonyl (C=O) groups excluding carboxylic acids is 2. The van der Waals surface area contributed by atoms with Crippen LogP contribution in [0.15, 0.2) is 23.3 Å². The summed E-state index contributed by atoms with van der Waals surface area (Å²) in [6.07, 6.45) is 7.59. The van der Waals surface area contributed by atoms with Crippen molar-refractivity contribution in [2.24, 2.45) is 34.5 Å². The highest BCUT2D eigenvalue weighted by atomic mass is 16.7. The maximum absolute atomic E-state index is 13.6. The fourth-order valence-corrected chi connectivity index (χ4v) is 10.3. The van der Waals surface area contributed by atoms with Crippen LogP contribution in [0.4, 0.5) is 0 Å². The van der Waals surface area contributed by atoms with Gasteiger partial charge in [-0.3, -0.25) is 4.79 Å². The summed E-state index contributed by atoms with van der Waals surface area (Å²) in [5.74, 6) is 0.519. The van der Waals surface area contributed by atoms with Crippen LogP contribution in [0.1, 0.15) is 72.6 Å². The van der Waals surface area contributed by atoms with Gasteiger partial charge in [0, 0.05) is 37.5 Å². The molecular weight excluding hydrogens is 472 g/mol. The lowest BCUT2D eigenvalue weighted by molar-refractivity contribution is -0.258. The van der Waals surface area contributed by atoms with Crippen LogP contribution in [-0.2, 0) is 28.5 Å². The molecule has 1 spiro atoms. The van der Waals surface area contributed by atoms with Gasteiger partial charge in [0.15, 0.2) is 12.1 Å². The SMILES string of the molecule is CO[C@@H]1O[C@@](C)([C@H]2CC(C)=C(C)C(=O)O2)[C@H]2CC[C@H]3[C@@H]4C[C@@H](O)[C@@]5(OC)CC=CC(=O)[C@]5(C)[C@H]4CC[C@]123. The summed E-state index contributed by atoms with van der Waals surface area (Å²) in [6.45, 7) is 7.99. The largest absolute Gasteiger partial charge is 0.456 e. The molecule has 4 aliphatic carbocycles. The number of hydrogen-bond acceptors (Lipinski definition) is 7. The van der Waals surface area contributed by atoms with Gasteiger partial charge in [0.25, 0.3) is 0 Å². The van der Waals surface area contributed by atoms with E-state index in [2.05, 4.69) is 6.92 Å². The number of ketones is 1. The van der Waals surface area contributed by atoms with Gasteiger partial charge >= 0.3 is 5.97 Å². The molecule has 7 nitrogen and oxygen atoms in total. The first-order chi connectivity index (χ1) is 17.5. The fourth-order valence-electron chi connectivity index (χ4n) is 10.3.